The molecule has 0 radical (unpaired) electrons. The summed E-state index contributed by atoms with van der Waals surface area (Å²) in [7, 11) is 0. The highest BCUT2D eigenvalue weighted by atomic mass is 16.6. The quantitative estimate of drug-likeness (QED) is 0.786. The molecule has 1 aliphatic rings. The van der Waals surface area contributed by atoms with E-state index in [-0.39, 0.29) is 18.0 Å². The molecule has 2 aromatic carbocycles. The molecule has 2 atom stereocenters. The molecule has 102 valence electrons. The molecule has 0 spiro atoms. The fourth-order valence-electron chi connectivity index (χ4n) is 2.30. The maximum absolute atomic E-state index is 11.4. The van der Waals surface area contributed by atoms with E-state index in [2.05, 4.69) is 0 Å². The van der Waals surface area contributed by atoms with E-state index in [1.54, 1.807) is 0 Å². The van der Waals surface area contributed by atoms with Crippen molar-refractivity contribution in [1.29, 1.82) is 0 Å². The van der Waals surface area contributed by atoms with E-state index in [4.69, 9.17) is 9.47 Å². The molecule has 3 nitrogen and oxygen atoms in total. The van der Waals surface area contributed by atoms with Gasteiger partial charge in [-0.25, -0.2) is 0 Å². The van der Waals surface area contributed by atoms with Gasteiger partial charge in [0.05, 0.1) is 5.92 Å². The smallest absolute Gasteiger partial charge is 0.309 e. The van der Waals surface area contributed by atoms with Crippen LogP contribution in [-0.2, 0) is 9.53 Å². The lowest BCUT2D eigenvalue weighted by atomic mass is 10.0. The molecule has 0 amide bonds. The molecule has 1 saturated heterocycles. The summed E-state index contributed by atoms with van der Waals surface area (Å²) in [4.78, 5) is 11.4. The monoisotopic (exact) mass is 268 g/mol. The van der Waals surface area contributed by atoms with Crippen LogP contribution in [0, 0.1) is 5.92 Å². The number of benzene rings is 2. The van der Waals surface area contributed by atoms with Crippen LogP contribution in [0.5, 0.6) is 11.5 Å². The summed E-state index contributed by atoms with van der Waals surface area (Å²) in [5.74, 6) is 1.46. The highest BCUT2D eigenvalue weighted by Crippen LogP contribution is 2.34. The fourth-order valence-corrected chi connectivity index (χ4v) is 2.30. The van der Waals surface area contributed by atoms with Gasteiger partial charge >= 0.3 is 5.97 Å². The molecule has 3 heteroatoms. The lowest BCUT2D eigenvalue weighted by Crippen LogP contribution is -2.01. The van der Waals surface area contributed by atoms with Crippen LogP contribution in [0.25, 0.3) is 0 Å². The summed E-state index contributed by atoms with van der Waals surface area (Å²) >= 11 is 0. The number of hydrogen-bond acceptors (Lipinski definition) is 3. The first-order valence-electron chi connectivity index (χ1n) is 6.76. The van der Waals surface area contributed by atoms with Gasteiger partial charge in [0.15, 0.2) is 0 Å². The highest BCUT2D eigenvalue weighted by Gasteiger charge is 2.31. The first-order valence-corrected chi connectivity index (χ1v) is 6.76. The van der Waals surface area contributed by atoms with Crippen LogP contribution in [0.15, 0.2) is 54.6 Å². The van der Waals surface area contributed by atoms with Gasteiger partial charge in [-0.2, -0.15) is 0 Å². The predicted molar refractivity (Wildman–Crippen MR) is 75.6 cm³/mol. The standard InChI is InChI=1S/C17H16O3/c1-12-11-16(20-17(12)18)13-7-9-15(10-8-13)19-14-5-3-2-4-6-14/h2-10,12,16H,11H2,1H3. The summed E-state index contributed by atoms with van der Waals surface area (Å²) in [6.07, 6.45) is 0.626. The van der Waals surface area contributed by atoms with Crippen LogP contribution in [0.2, 0.25) is 0 Å². The summed E-state index contributed by atoms with van der Waals surface area (Å²) in [5, 5.41) is 0. The molecule has 2 aromatic rings. The Morgan fingerprint density at radius 2 is 1.65 bits per heavy atom. The Morgan fingerprint density at radius 1 is 1.00 bits per heavy atom. The van der Waals surface area contributed by atoms with Gasteiger partial charge in [0.2, 0.25) is 0 Å². The Kier molecular flexibility index (Phi) is 3.42. The second-order valence-corrected chi connectivity index (χ2v) is 5.05. The van der Waals surface area contributed by atoms with Crippen molar-refractivity contribution in [3.8, 4) is 11.5 Å². The minimum absolute atomic E-state index is 0.0137. The van der Waals surface area contributed by atoms with E-state index in [0.717, 1.165) is 23.5 Å². The SMILES string of the molecule is CC1CC(c2ccc(Oc3ccccc3)cc2)OC1=O. The van der Waals surface area contributed by atoms with Crippen molar-refractivity contribution in [1.82, 2.24) is 0 Å². The molecular weight excluding hydrogens is 252 g/mol. The van der Waals surface area contributed by atoms with Gasteiger partial charge in [-0.15, -0.1) is 0 Å². The number of ether oxygens (including phenoxy) is 2. The van der Waals surface area contributed by atoms with Crippen LogP contribution < -0.4 is 4.74 Å². The molecule has 0 aliphatic carbocycles. The van der Waals surface area contributed by atoms with Gasteiger partial charge < -0.3 is 9.47 Å². The fraction of sp³-hybridized carbons (Fsp3) is 0.235. The van der Waals surface area contributed by atoms with Crippen molar-refractivity contribution in [3.63, 3.8) is 0 Å². The Labute approximate surface area is 118 Å². The molecule has 0 aromatic heterocycles. The molecule has 20 heavy (non-hydrogen) atoms. The van der Waals surface area contributed by atoms with E-state index in [1.807, 2.05) is 61.5 Å². The number of para-hydroxylation sites is 1. The van der Waals surface area contributed by atoms with E-state index >= 15 is 0 Å². The number of carbonyl (C=O) groups excluding carboxylic acids is 1. The van der Waals surface area contributed by atoms with Crippen molar-refractivity contribution in [2.45, 2.75) is 19.4 Å². The summed E-state index contributed by atoms with van der Waals surface area (Å²) < 4.78 is 11.1. The third kappa shape index (κ3) is 2.67. The average Bonchev–Trinajstić information content (AvgIpc) is 2.81. The minimum atomic E-state index is -0.122. The lowest BCUT2D eigenvalue weighted by molar-refractivity contribution is -0.144. The molecule has 1 aliphatic heterocycles. The van der Waals surface area contributed by atoms with Crippen molar-refractivity contribution in [2.24, 2.45) is 5.92 Å². The van der Waals surface area contributed by atoms with Gasteiger partial charge in [-0.1, -0.05) is 37.3 Å². The lowest BCUT2D eigenvalue weighted by Gasteiger charge is -2.10. The third-order valence-electron chi connectivity index (χ3n) is 3.46. The van der Waals surface area contributed by atoms with Gasteiger partial charge in [0.1, 0.15) is 17.6 Å². The van der Waals surface area contributed by atoms with Gasteiger partial charge in [-0.05, 0) is 29.8 Å². The summed E-state index contributed by atoms with van der Waals surface area (Å²) in [6, 6.07) is 17.3. The Bertz CT molecular complexity index is 589. The van der Waals surface area contributed by atoms with Gasteiger partial charge in [0.25, 0.3) is 0 Å². The molecule has 1 fully saturated rings. The van der Waals surface area contributed by atoms with Crippen molar-refractivity contribution in [2.75, 3.05) is 0 Å². The molecule has 3 rings (SSSR count). The largest absolute Gasteiger partial charge is 0.457 e. The number of rotatable bonds is 3. The van der Waals surface area contributed by atoms with Crippen LogP contribution in [-0.4, -0.2) is 5.97 Å². The Balaban J connectivity index is 1.70. The predicted octanol–water partition coefficient (Wildman–Crippen LogP) is 4.10. The second-order valence-electron chi connectivity index (χ2n) is 5.05. The van der Waals surface area contributed by atoms with Crippen LogP contribution in [0.3, 0.4) is 0 Å². The molecule has 1 heterocycles. The van der Waals surface area contributed by atoms with Crippen LogP contribution in [0.4, 0.5) is 0 Å². The molecule has 0 saturated carbocycles. The van der Waals surface area contributed by atoms with Crippen molar-refractivity contribution >= 4 is 5.97 Å². The topological polar surface area (TPSA) is 35.5 Å². The third-order valence-corrected chi connectivity index (χ3v) is 3.46. The normalized spacial score (nSPS) is 21.6. The minimum Gasteiger partial charge on any atom is -0.457 e. The van der Waals surface area contributed by atoms with Gasteiger partial charge in [-0.3, -0.25) is 4.79 Å². The Morgan fingerprint density at radius 3 is 2.25 bits per heavy atom. The number of hydrogen-bond donors (Lipinski definition) is 0. The Hall–Kier alpha value is -2.29. The maximum Gasteiger partial charge on any atom is 0.309 e. The van der Waals surface area contributed by atoms with Crippen molar-refractivity contribution in [3.05, 3.63) is 60.2 Å². The van der Waals surface area contributed by atoms with Crippen LogP contribution in [0.1, 0.15) is 25.0 Å². The molecule has 0 bridgehead atoms. The highest BCUT2D eigenvalue weighted by molar-refractivity contribution is 5.74. The van der Waals surface area contributed by atoms with Crippen LogP contribution >= 0.6 is 0 Å². The van der Waals surface area contributed by atoms with E-state index in [1.165, 1.54) is 0 Å². The first-order chi connectivity index (χ1) is 9.72. The van der Waals surface area contributed by atoms with Gasteiger partial charge in [0, 0.05) is 6.42 Å². The van der Waals surface area contributed by atoms with E-state index < -0.39 is 0 Å². The summed E-state index contributed by atoms with van der Waals surface area (Å²) in [6.45, 7) is 1.90. The number of cyclic esters (lactones) is 1. The number of carbonyl (C=O) groups is 1. The molecule has 2 unspecified atom stereocenters. The van der Waals surface area contributed by atoms with Crippen molar-refractivity contribution < 1.29 is 14.3 Å². The average molecular weight is 268 g/mol. The first kappa shape index (κ1) is 12.7. The zero-order valence-electron chi connectivity index (χ0n) is 11.3. The number of esters is 1. The second kappa shape index (κ2) is 5.37. The maximum atomic E-state index is 11.4. The zero-order valence-corrected chi connectivity index (χ0v) is 11.3. The van der Waals surface area contributed by atoms with E-state index in [9.17, 15) is 4.79 Å². The molecular formula is C17H16O3. The van der Waals surface area contributed by atoms with E-state index in [0.29, 0.717) is 0 Å². The molecule has 0 N–H and O–H groups in total. The summed E-state index contributed by atoms with van der Waals surface area (Å²) in [5.41, 5.74) is 1.02. The zero-order chi connectivity index (χ0) is 13.9.